The Balaban J connectivity index is 1.38. The molecule has 1 amide bonds. The Morgan fingerprint density at radius 1 is 1.02 bits per heavy atom. The van der Waals surface area contributed by atoms with Crippen molar-refractivity contribution >= 4 is 50.8 Å². The van der Waals surface area contributed by atoms with Crippen molar-refractivity contribution in [2.24, 2.45) is 0 Å². The number of fused-ring (bicyclic) bond motifs is 2. The molecule has 0 saturated heterocycles. The number of rotatable bonds is 7. The number of hydrogen-bond donors (Lipinski definition) is 2. The molecule has 40 heavy (non-hydrogen) atoms. The molecule has 0 atom stereocenters. The van der Waals surface area contributed by atoms with Crippen molar-refractivity contribution in [1.82, 2.24) is 29.1 Å². The quantitative estimate of drug-likeness (QED) is 0.168. The van der Waals surface area contributed by atoms with Gasteiger partial charge in [-0.3, -0.25) is 29.7 Å². The maximum atomic E-state index is 13.6. The second-order valence-electron chi connectivity index (χ2n) is 8.99. The Hall–Kier alpha value is -4.68. The van der Waals surface area contributed by atoms with E-state index in [1.165, 1.54) is 33.6 Å². The number of aryl methyl sites for hydroxylation is 1. The molecule has 12 heteroatoms. The van der Waals surface area contributed by atoms with Crippen molar-refractivity contribution in [3.63, 3.8) is 0 Å². The van der Waals surface area contributed by atoms with Gasteiger partial charge < -0.3 is 4.57 Å². The number of carbonyl (C=O) groups is 1. The minimum absolute atomic E-state index is 0.0294. The molecule has 5 aromatic heterocycles. The maximum Gasteiger partial charge on any atom is 0.267 e. The predicted octanol–water partition coefficient (Wildman–Crippen LogP) is 4.28. The lowest BCUT2D eigenvalue weighted by Crippen LogP contribution is -2.32. The number of anilines is 1. The number of aromatic nitrogens is 6. The number of pyridine rings is 3. The van der Waals surface area contributed by atoms with Crippen molar-refractivity contribution in [2.45, 2.75) is 23.6 Å². The maximum absolute atomic E-state index is 13.6. The summed E-state index contributed by atoms with van der Waals surface area (Å²) in [6.45, 7) is 2.10. The molecule has 0 aliphatic heterocycles. The molecule has 198 valence electrons. The first-order chi connectivity index (χ1) is 19.5. The van der Waals surface area contributed by atoms with Crippen LogP contribution in [-0.4, -0.2) is 35.0 Å². The molecule has 0 radical (unpaired) electrons. The lowest BCUT2D eigenvalue weighted by molar-refractivity contribution is 0.102. The lowest BCUT2D eigenvalue weighted by Gasteiger charge is -2.15. The molecule has 6 rings (SSSR count). The first-order valence-electron chi connectivity index (χ1n) is 12.3. The van der Waals surface area contributed by atoms with Crippen LogP contribution in [0.15, 0.2) is 88.4 Å². The summed E-state index contributed by atoms with van der Waals surface area (Å²) in [7, 11) is 0. The first kappa shape index (κ1) is 25.6. The molecule has 0 bridgehead atoms. The first-order valence-corrected chi connectivity index (χ1v) is 14.1. The van der Waals surface area contributed by atoms with Crippen LogP contribution in [0.25, 0.3) is 16.7 Å². The molecular formula is C28H22N8O2S2. The largest absolute Gasteiger partial charge is 0.306 e. The predicted molar refractivity (Wildman–Crippen MR) is 155 cm³/mol. The number of nitrogens with one attached hydrogen (secondary N) is 2. The van der Waals surface area contributed by atoms with E-state index in [0.717, 1.165) is 22.4 Å². The van der Waals surface area contributed by atoms with E-state index in [4.69, 9.17) is 10.4 Å². The smallest absolute Gasteiger partial charge is 0.267 e. The number of benzene rings is 1. The molecule has 0 aliphatic carbocycles. The molecule has 10 nitrogen and oxygen atoms in total. The van der Waals surface area contributed by atoms with Crippen molar-refractivity contribution in [2.75, 3.05) is 5.32 Å². The topological polar surface area (TPSA) is 131 Å². The Bertz CT molecular complexity index is 1990. The van der Waals surface area contributed by atoms with Gasteiger partial charge in [0.15, 0.2) is 4.34 Å². The van der Waals surface area contributed by atoms with Gasteiger partial charge in [-0.15, -0.1) is 10.2 Å². The third kappa shape index (κ3) is 5.01. The van der Waals surface area contributed by atoms with Crippen LogP contribution >= 0.6 is 23.1 Å². The fraction of sp³-hybridized carbons (Fsp3) is 0.107. The van der Waals surface area contributed by atoms with Gasteiger partial charge in [0, 0.05) is 24.3 Å². The third-order valence-corrected chi connectivity index (χ3v) is 8.34. The minimum Gasteiger partial charge on any atom is -0.306 e. The van der Waals surface area contributed by atoms with Gasteiger partial charge in [0.25, 0.3) is 11.5 Å². The van der Waals surface area contributed by atoms with Crippen LogP contribution in [-0.2, 0) is 12.3 Å². The van der Waals surface area contributed by atoms with Crippen molar-refractivity contribution in [1.29, 1.82) is 5.41 Å². The SMILES string of the molecule is Cc1cccn2c(=O)c3cc(C(=O)Nc4nnc(SCc5ccccc5)s4)c(=N)n(Cc4ccncc4)c3nc12. The normalized spacial score (nSPS) is 11.2. The highest BCUT2D eigenvalue weighted by molar-refractivity contribution is 8.00. The number of nitrogens with zero attached hydrogens (tertiary/aromatic N) is 6. The zero-order chi connectivity index (χ0) is 27.6. The van der Waals surface area contributed by atoms with E-state index < -0.39 is 5.91 Å². The minimum atomic E-state index is -0.556. The van der Waals surface area contributed by atoms with Crippen molar-refractivity contribution < 1.29 is 4.79 Å². The number of carbonyl (C=O) groups excluding carboxylic acids is 1. The summed E-state index contributed by atoms with van der Waals surface area (Å²) in [6, 6.07) is 18.7. The van der Waals surface area contributed by atoms with E-state index in [2.05, 4.69) is 20.5 Å². The third-order valence-electron chi connectivity index (χ3n) is 6.30. The van der Waals surface area contributed by atoms with E-state index in [9.17, 15) is 9.59 Å². The number of hydrogen-bond acceptors (Lipinski definition) is 9. The molecule has 2 N–H and O–H groups in total. The van der Waals surface area contributed by atoms with Crippen molar-refractivity contribution in [3.05, 3.63) is 117 Å². The van der Waals surface area contributed by atoms with Crippen LogP contribution in [0.3, 0.4) is 0 Å². The molecule has 0 unspecified atom stereocenters. The molecule has 0 fully saturated rings. The summed E-state index contributed by atoms with van der Waals surface area (Å²) >= 11 is 2.78. The van der Waals surface area contributed by atoms with Gasteiger partial charge in [0.2, 0.25) is 5.13 Å². The molecule has 5 heterocycles. The highest BCUT2D eigenvalue weighted by Crippen LogP contribution is 2.28. The van der Waals surface area contributed by atoms with Gasteiger partial charge in [0.1, 0.15) is 16.8 Å². The van der Waals surface area contributed by atoms with Gasteiger partial charge in [-0.2, -0.15) is 0 Å². The van der Waals surface area contributed by atoms with E-state index in [1.54, 1.807) is 29.2 Å². The zero-order valence-corrected chi connectivity index (χ0v) is 22.9. The summed E-state index contributed by atoms with van der Waals surface area (Å²) in [6.07, 6.45) is 4.96. The van der Waals surface area contributed by atoms with Crippen LogP contribution < -0.4 is 16.4 Å². The summed E-state index contributed by atoms with van der Waals surface area (Å²) in [5.74, 6) is 0.171. The monoisotopic (exact) mass is 566 g/mol. The number of thioether (sulfide) groups is 1. The van der Waals surface area contributed by atoms with Crippen LogP contribution in [0.5, 0.6) is 0 Å². The highest BCUT2D eigenvalue weighted by atomic mass is 32.2. The Morgan fingerprint density at radius 2 is 1.82 bits per heavy atom. The molecule has 6 aromatic rings. The van der Waals surface area contributed by atoms with Gasteiger partial charge in [-0.05, 0) is 47.9 Å². The lowest BCUT2D eigenvalue weighted by atomic mass is 10.1. The van der Waals surface area contributed by atoms with Crippen LogP contribution in [0.1, 0.15) is 27.0 Å². The molecule has 0 aliphatic rings. The average Bonchev–Trinajstić information content (AvgIpc) is 3.42. The van der Waals surface area contributed by atoms with Crippen LogP contribution in [0.2, 0.25) is 0 Å². The molecule has 0 spiro atoms. The fourth-order valence-electron chi connectivity index (χ4n) is 4.30. The summed E-state index contributed by atoms with van der Waals surface area (Å²) < 4.78 is 3.75. The highest BCUT2D eigenvalue weighted by Gasteiger charge is 2.19. The second kappa shape index (κ2) is 10.8. The standard InChI is InChI=1S/C28H22N8O2S2/c1-17-6-5-13-35-23(17)31-24-21(26(35)38)14-20(22(29)36(24)15-18-9-11-30-12-10-18)25(37)32-27-33-34-28(40-27)39-16-19-7-3-2-4-8-19/h2-14,29H,15-16H2,1H3,(H,32,33,37). The molecule has 1 aromatic carbocycles. The van der Waals surface area contributed by atoms with E-state index in [0.29, 0.717) is 20.8 Å². The molecular weight excluding hydrogens is 544 g/mol. The van der Waals surface area contributed by atoms with Gasteiger partial charge in [0.05, 0.1) is 17.5 Å². The van der Waals surface area contributed by atoms with Gasteiger partial charge in [-0.1, -0.05) is 59.5 Å². The fourth-order valence-corrected chi connectivity index (χ4v) is 6.00. The summed E-state index contributed by atoms with van der Waals surface area (Å²) in [5.41, 5.74) is 3.28. The second-order valence-corrected chi connectivity index (χ2v) is 11.2. The molecule has 0 saturated carbocycles. The Kier molecular flexibility index (Phi) is 6.93. The Morgan fingerprint density at radius 3 is 2.62 bits per heavy atom. The van der Waals surface area contributed by atoms with E-state index >= 15 is 0 Å². The zero-order valence-electron chi connectivity index (χ0n) is 21.2. The summed E-state index contributed by atoms with van der Waals surface area (Å²) in [5, 5.41) is 20.6. The van der Waals surface area contributed by atoms with Crippen LogP contribution in [0.4, 0.5) is 5.13 Å². The van der Waals surface area contributed by atoms with E-state index in [-0.39, 0.29) is 28.5 Å². The average molecular weight is 567 g/mol. The van der Waals surface area contributed by atoms with Crippen LogP contribution in [0, 0.1) is 12.3 Å². The van der Waals surface area contributed by atoms with Gasteiger partial charge in [-0.25, -0.2) is 4.98 Å². The Labute approximate surface area is 235 Å². The number of amides is 1. The van der Waals surface area contributed by atoms with Gasteiger partial charge >= 0.3 is 0 Å². The van der Waals surface area contributed by atoms with Crippen molar-refractivity contribution in [3.8, 4) is 0 Å². The summed E-state index contributed by atoms with van der Waals surface area (Å²) in [4.78, 5) is 35.8. The van der Waals surface area contributed by atoms with E-state index in [1.807, 2.05) is 55.5 Å².